The number of piperidine rings is 3. The molecule has 1 aromatic heterocycles. The topological polar surface area (TPSA) is 16.1 Å². The second-order valence-electron chi connectivity index (χ2n) is 4.53. The molecule has 0 radical (unpaired) electrons. The molecule has 0 spiro atoms. The lowest BCUT2D eigenvalue weighted by Gasteiger charge is -2.44. The second-order valence-corrected chi connectivity index (χ2v) is 5.79. The Morgan fingerprint density at radius 2 is 2.21 bits per heavy atom. The smallest absolute Gasteiger partial charge is 0.0896 e. The molecule has 0 amide bonds. The third-order valence-electron chi connectivity index (χ3n) is 3.66. The van der Waals surface area contributed by atoms with Crippen molar-refractivity contribution in [2.45, 2.75) is 25.7 Å². The van der Waals surface area contributed by atoms with E-state index in [0.29, 0.717) is 0 Å². The molecule has 3 aliphatic heterocycles. The van der Waals surface area contributed by atoms with Crippen molar-refractivity contribution in [1.82, 2.24) is 9.88 Å². The van der Waals surface area contributed by atoms with Crippen molar-refractivity contribution >= 4 is 11.3 Å². The standard InChI is InChI=1S/C11H16N2S/c1-8-12-6-11(14-8)10-7-13-4-2-9(10)3-5-13/h6,9-10H,2-5,7H2,1H3. The molecule has 3 heteroatoms. The summed E-state index contributed by atoms with van der Waals surface area (Å²) in [5.74, 6) is 1.74. The zero-order valence-corrected chi connectivity index (χ0v) is 9.39. The minimum atomic E-state index is 0.795. The fourth-order valence-corrected chi connectivity index (χ4v) is 3.81. The van der Waals surface area contributed by atoms with Gasteiger partial charge in [0.1, 0.15) is 0 Å². The van der Waals surface area contributed by atoms with Crippen molar-refractivity contribution in [3.05, 3.63) is 16.1 Å². The quantitative estimate of drug-likeness (QED) is 0.704. The van der Waals surface area contributed by atoms with Crippen molar-refractivity contribution in [2.24, 2.45) is 5.92 Å². The Kier molecular flexibility index (Phi) is 2.10. The molecule has 4 heterocycles. The molecule has 4 rings (SSSR count). The SMILES string of the molecule is Cc1ncc(C2CN3CCC2CC3)s1. The highest BCUT2D eigenvalue weighted by atomic mass is 32.1. The zero-order valence-electron chi connectivity index (χ0n) is 8.57. The van der Waals surface area contributed by atoms with E-state index in [1.165, 1.54) is 42.4 Å². The van der Waals surface area contributed by atoms with E-state index in [-0.39, 0.29) is 0 Å². The minimum Gasteiger partial charge on any atom is -0.303 e. The van der Waals surface area contributed by atoms with Crippen LogP contribution in [0.3, 0.4) is 0 Å². The summed E-state index contributed by atoms with van der Waals surface area (Å²) in [4.78, 5) is 8.51. The molecule has 0 saturated carbocycles. The molecule has 76 valence electrons. The zero-order chi connectivity index (χ0) is 9.54. The van der Waals surface area contributed by atoms with Gasteiger partial charge in [0.2, 0.25) is 0 Å². The van der Waals surface area contributed by atoms with Crippen molar-refractivity contribution in [3.8, 4) is 0 Å². The third-order valence-corrected chi connectivity index (χ3v) is 4.71. The van der Waals surface area contributed by atoms with Crippen LogP contribution in [0.15, 0.2) is 6.20 Å². The summed E-state index contributed by atoms with van der Waals surface area (Å²) < 4.78 is 0. The summed E-state index contributed by atoms with van der Waals surface area (Å²) >= 11 is 1.90. The van der Waals surface area contributed by atoms with E-state index in [2.05, 4.69) is 23.0 Å². The third kappa shape index (κ3) is 1.39. The van der Waals surface area contributed by atoms with Crippen LogP contribution in [0.1, 0.15) is 28.6 Å². The summed E-state index contributed by atoms with van der Waals surface area (Å²) in [6.45, 7) is 6.06. The van der Waals surface area contributed by atoms with Gasteiger partial charge in [-0.25, -0.2) is 4.98 Å². The van der Waals surface area contributed by atoms with Crippen LogP contribution < -0.4 is 0 Å². The molecule has 3 aliphatic rings. The Morgan fingerprint density at radius 3 is 2.71 bits per heavy atom. The van der Waals surface area contributed by atoms with Gasteiger partial charge in [0.25, 0.3) is 0 Å². The van der Waals surface area contributed by atoms with Crippen LogP contribution >= 0.6 is 11.3 Å². The van der Waals surface area contributed by atoms with Gasteiger partial charge in [-0.3, -0.25) is 0 Å². The number of hydrogen-bond donors (Lipinski definition) is 0. The highest BCUT2D eigenvalue weighted by Gasteiger charge is 2.35. The summed E-state index contributed by atoms with van der Waals surface area (Å²) in [6, 6.07) is 0. The molecule has 3 saturated heterocycles. The van der Waals surface area contributed by atoms with Gasteiger partial charge in [-0.2, -0.15) is 0 Å². The molecule has 1 unspecified atom stereocenters. The fourth-order valence-electron chi connectivity index (χ4n) is 2.84. The predicted molar refractivity (Wildman–Crippen MR) is 58.8 cm³/mol. The average Bonchev–Trinajstić information content (AvgIpc) is 2.66. The maximum atomic E-state index is 4.38. The van der Waals surface area contributed by atoms with Crippen LogP contribution in [0.5, 0.6) is 0 Å². The Bertz CT molecular complexity index is 326. The van der Waals surface area contributed by atoms with E-state index in [1.807, 2.05) is 11.3 Å². The molecule has 0 aliphatic carbocycles. The molecule has 1 aromatic rings. The van der Waals surface area contributed by atoms with Crippen LogP contribution in [-0.4, -0.2) is 29.5 Å². The lowest BCUT2D eigenvalue weighted by Crippen LogP contribution is -2.45. The van der Waals surface area contributed by atoms with Crippen LogP contribution in [0.2, 0.25) is 0 Å². The molecular weight excluding hydrogens is 192 g/mol. The maximum absolute atomic E-state index is 4.38. The Labute approximate surface area is 89.0 Å². The van der Waals surface area contributed by atoms with E-state index < -0.39 is 0 Å². The average molecular weight is 208 g/mol. The van der Waals surface area contributed by atoms with Gasteiger partial charge in [0.05, 0.1) is 5.01 Å². The number of rotatable bonds is 1. The number of aromatic nitrogens is 1. The first-order valence-electron chi connectivity index (χ1n) is 5.47. The molecular formula is C11H16N2S. The number of nitrogens with zero attached hydrogens (tertiary/aromatic N) is 2. The van der Waals surface area contributed by atoms with E-state index >= 15 is 0 Å². The second kappa shape index (κ2) is 3.31. The van der Waals surface area contributed by atoms with Gasteiger partial charge < -0.3 is 4.90 Å². The molecule has 0 aromatic carbocycles. The molecule has 2 nitrogen and oxygen atoms in total. The van der Waals surface area contributed by atoms with Gasteiger partial charge in [0, 0.05) is 23.5 Å². The van der Waals surface area contributed by atoms with Crippen LogP contribution in [0.4, 0.5) is 0 Å². The van der Waals surface area contributed by atoms with Crippen LogP contribution in [0, 0.1) is 12.8 Å². The number of thiazole rings is 1. The normalized spacial score (nSPS) is 36.2. The largest absolute Gasteiger partial charge is 0.303 e. The molecule has 1 atom stereocenters. The molecule has 3 fully saturated rings. The fraction of sp³-hybridized carbons (Fsp3) is 0.727. The summed E-state index contributed by atoms with van der Waals surface area (Å²) in [5, 5.41) is 1.22. The number of fused-ring (bicyclic) bond motifs is 3. The first-order chi connectivity index (χ1) is 6.83. The van der Waals surface area contributed by atoms with Crippen molar-refractivity contribution in [3.63, 3.8) is 0 Å². The van der Waals surface area contributed by atoms with Gasteiger partial charge in [0.15, 0.2) is 0 Å². The summed E-state index contributed by atoms with van der Waals surface area (Å²) in [5.41, 5.74) is 0. The number of hydrogen-bond acceptors (Lipinski definition) is 3. The molecule has 0 N–H and O–H groups in total. The minimum absolute atomic E-state index is 0.795. The van der Waals surface area contributed by atoms with Crippen LogP contribution in [0.25, 0.3) is 0 Å². The highest BCUT2D eigenvalue weighted by molar-refractivity contribution is 7.11. The first kappa shape index (κ1) is 8.86. The highest BCUT2D eigenvalue weighted by Crippen LogP contribution is 2.40. The van der Waals surface area contributed by atoms with Gasteiger partial charge in [-0.1, -0.05) is 0 Å². The van der Waals surface area contributed by atoms with E-state index in [4.69, 9.17) is 0 Å². The van der Waals surface area contributed by atoms with E-state index in [9.17, 15) is 0 Å². The van der Waals surface area contributed by atoms with Gasteiger partial charge in [-0.15, -0.1) is 11.3 Å². The maximum Gasteiger partial charge on any atom is 0.0896 e. The van der Waals surface area contributed by atoms with Crippen molar-refractivity contribution in [1.29, 1.82) is 0 Å². The van der Waals surface area contributed by atoms with Crippen molar-refractivity contribution < 1.29 is 0 Å². The Balaban J connectivity index is 1.85. The first-order valence-corrected chi connectivity index (χ1v) is 6.29. The van der Waals surface area contributed by atoms with E-state index in [1.54, 1.807) is 0 Å². The van der Waals surface area contributed by atoms with Gasteiger partial charge >= 0.3 is 0 Å². The lowest BCUT2D eigenvalue weighted by molar-refractivity contribution is 0.0884. The van der Waals surface area contributed by atoms with Crippen molar-refractivity contribution in [2.75, 3.05) is 19.6 Å². The predicted octanol–water partition coefficient (Wildman–Crippen LogP) is 2.26. The summed E-state index contributed by atoms with van der Waals surface area (Å²) in [7, 11) is 0. The molecule has 2 bridgehead atoms. The monoisotopic (exact) mass is 208 g/mol. The van der Waals surface area contributed by atoms with E-state index in [0.717, 1.165) is 11.8 Å². The lowest BCUT2D eigenvalue weighted by atomic mass is 9.78. The van der Waals surface area contributed by atoms with Crippen LogP contribution in [-0.2, 0) is 0 Å². The Hall–Kier alpha value is -0.410. The molecule has 14 heavy (non-hydrogen) atoms. The number of aryl methyl sites for hydroxylation is 1. The summed E-state index contributed by atoms with van der Waals surface area (Å²) in [6.07, 6.45) is 4.91. The Morgan fingerprint density at radius 1 is 1.43 bits per heavy atom. The van der Waals surface area contributed by atoms with Gasteiger partial charge in [-0.05, 0) is 38.8 Å².